The molecule has 0 aliphatic heterocycles. The van der Waals surface area contributed by atoms with Crippen molar-refractivity contribution >= 4 is 11.0 Å². The SMILES string of the molecule is Cc1cc2occ(C)c2c2c1CCC(C)C2. The minimum Gasteiger partial charge on any atom is -0.464 e. The molecule has 0 spiro atoms. The average Bonchev–Trinajstić information content (AvgIpc) is 2.60. The summed E-state index contributed by atoms with van der Waals surface area (Å²) in [5, 5.41) is 1.38. The largest absolute Gasteiger partial charge is 0.464 e. The Hall–Kier alpha value is -1.24. The van der Waals surface area contributed by atoms with Crippen LogP contribution >= 0.6 is 0 Å². The van der Waals surface area contributed by atoms with Crippen molar-refractivity contribution in [1.82, 2.24) is 0 Å². The van der Waals surface area contributed by atoms with Crippen molar-refractivity contribution in [3.8, 4) is 0 Å². The van der Waals surface area contributed by atoms with Gasteiger partial charge in [-0.25, -0.2) is 0 Å². The van der Waals surface area contributed by atoms with E-state index in [9.17, 15) is 0 Å². The highest BCUT2D eigenvalue weighted by molar-refractivity contribution is 5.86. The van der Waals surface area contributed by atoms with E-state index in [1.54, 1.807) is 11.1 Å². The van der Waals surface area contributed by atoms with E-state index in [-0.39, 0.29) is 0 Å². The maximum atomic E-state index is 5.63. The summed E-state index contributed by atoms with van der Waals surface area (Å²) < 4.78 is 5.63. The fourth-order valence-electron chi connectivity index (χ4n) is 3.04. The van der Waals surface area contributed by atoms with Gasteiger partial charge < -0.3 is 4.42 Å². The van der Waals surface area contributed by atoms with Gasteiger partial charge in [0, 0.05) is 5.39 Å². The molecule has 1 heteroatoms. The van der Waals surface area contributed by atoms with Gasteiger partial charge in [0.25, 0.3) is 0 Å². The molecule has 2 aromatic rings. The summed E-state index contributed by atoms with van der Waals surface area (Å²) in [5.41, 5.74) is 6.90. The van der Waals surface area contributed by atoms with E-state index in [4.69, 9.17) is 4.42 Å². The van der Waals surface area contributed by atoms with Crippen molar-refractivity contribution in [2.24, 2.45) is 5.92 Å². The predicted octanol–water partition coefficient (Wildman–Crippen LogP) is 4.17. The van der Waals surface area contributed by atoms with E-state index in [0.717, 1.165) is 11.5 Å². The van der Waals surface area contributed by atoms with E-state index >= 15 is 0 Å². The fraction of sp³-hybridized carbons (Fsp3) is 0.467. The lowest BCUT2D eigenvalue weighted by Crippen LogP contribution is -2.13. The third kappa shape index (κ3) is 1.31. The molecule has 0 fully saturated rings. The van der Waals surface area contributed by atoms with Crippen LogP contribution in [0.1, 0.15) is 35.6 Å². The lowest BCUT2D eigenvalue weighted by molar-refractivity contribution is 0.502. The second-order valence-electron chi connectivity index (χ2n) is 5.29. The minimum absolute atomic E-state index is 0.812. The van der Waals surface area contributed by atoms with Crippen molar-refractivity contribution in [2.75, 3.05) is 0 Å². The molecule has 1 heterocycles. The molecule has 1 aromatic heterocycles. The predicted molar refractivity (Wildman–Crippen MR) is 66.9 cm³/mol. The minimum atomic E-state index is 0.812. The van der Waals surface area contributed by atoms with Gasteiger partial charge in [0.15, 0.2) is 0 Å². The maximum absolute atomic E-state index is 5.63. The Labute approximate surface area is 96.5 Å². The van der Waals surface area contributed by atoms with Crippen molar-refractivity contribution in [3.63, 3.8) is 0 Å². The van der Waals surface area contributed by atoms with E-state index < -0.39 is 0 Å². The molecule has 1 aliphatic carbocycles. The molecule has 3 rings (SSSR count). The molecule has 1 aromatic carbocycles. The average molecular weight is 214 g/mol. The Morgan fingerprint density at radius 2 is 2.00 bits per heavy atom. The highest BCUT2D eigenvalue weighted by atomic mass is 16.3. The highest BCUT2D eigenvalue weighted by Gasteiger charge is 2.21. The van der Waals surface area contributed by atoms with Gasteiger partial charge in [-0.05, 0) is 67.3 Å². The van der Waals surface area contributed by atoms with E-state index in [2.05, 4.69) is 26.8 Å². The quantitative estimate of drug-likeness (QED) is 0.641. The number of furan rings is 1. The molecule has 0 radical (unpaired) electrons. The van der Waals surface area contributed by atoms with E-state index in [1.807, 2.05) is 6.26 Å². The molecule has 1 aliphatic rings. The van der Waals surface area contributed by atoms with Crippen molar-refractivity contribution in [3.05, 3.63) is 34.6 Å². The number of fused-ring (bicyclic) bond motifs is 3. The Bertz CT molecular complexity index is 548. The lowest BCUT2D eigenvalue weighted by Gasteiger charge is -2.24. The van der Waals surface area contributed by atoms with Gasteiger partial charge in [-0.2, -0.15) is 0 Å². The highest BCUT2D eigenvalue weighted by Crippen LogP contribution is 2.36. The molecule has 84 valence electrons. The van der Waals surface area contributed by atoms with Gasteiger partial charge >= 0.3 is 0 Å². The van der Waals surface area contributed by atoms with Crippen molar-refractivity contribution < 1.29 is 4.42 Å². The van der Waals surface area contributed by atoms with Crippen LogP contribution in [0.5, 0.6) is 0 Å². The summed E-state index contributed by atoms with van der Waals surface area (Å²) in [4.78, 5) is 0. The van der Waals surface area contributed by atoms with Crippen LogP contribution in [-0.4, -0.2) is 0 Å². The third-order valence-electron chi connectivity index (χ3n) is 3.93. The molecular weight excluding hydrogens is 196 g/mol. The molecule has 16 heavy (non-hydrogen) atoms. The van der Waals surface area contributed by atoms with Crippen LogP contribution < -0.4 is 0 Å². The van der Waals surface area contributed by atoms with Gasteiger partial charge in [-0.15, -0.1) is 0 Å². The van der Waals surface area contributed by atoms with Crippen molar-refractivity contribution in [2.45, 2.75) is 40.0 Å². The Morgan fingerprint density at radius 1 is 1.19 bits per heavy atom. The van der Waals surface area contributed by atoms with Gasteiger partial charge in [-0.3, -0.25) is 0 Å². The standard InChI is InChI=1S/C15H18O/c1-9-4-5-12-10(2)7-14-15(13(12)6-9)11(3)8-16-14/h7-9H,4-6H2,1-3H3. The number of rotatable bonds is 0. The molecule has 1 nitrogen and oxygen atoms in total. The summed E-state index contributed by atoms with van der Waals surface area (Å²) in [6, 6.07) is 2.21. The van der Waals surface area contributed by atoms with Crippen LogP contribution in [0.25, 0.3) is 11.0 Å². The number of hydrogen-bond donors (Lipinski definition) is 0. The summed E-state index contributed by atoms with van der Waals surface area (Å²) in [5.74, 6) is 0.812. The zero-order valence-electron chi connectivity index (χ0n) is 10.3. The van der Waals surface area contributed by atoms with Crippen LogP contribution in [0.3, 0.4) is 0 Å². The molecule has 0 saturated carbocycles. The summed E-state index contributed by atoms with van der Waals surface area (Å²) >= 11 is 0. The normalized spacial score (nSPS) is 20.1. The Balaban J connectivity index is 2.36. The molecule has 1 unspecified atom stereocenters. The number of benzene rings is 1. The van der Waals surface area contributed by atoms with Crippen LogP contribution in [0.15, 0.2) is 16.7 Å². The second kappa shape index (κ2) is 3.38. The van der Waals surface area contributed by atoms with Crippen LogP contribution in [0.4, 0.5) is 0 Å². The first kappa shape index (κ1) is 9.95. The number of hydrogen-bond acceptors (Lipinski definition) is 1. The first-order valence-corrected chi connectivity index (χ1v) is 6.16. The summed E-state index contributed by atoms with van der Waals surface area (Å²) in [7, 11) is 0. The van der Waals surface area contributed by atoms with Gasteiger partial charge in [0.05, 0.1) is 6.26 Å². The molecule has 0 N–H and O–H groups in total. The van der Waals surface area contributed by atoms with Crippen LogP contribution in [-0.2, 0) is 12.8 Å². The lowest BCUT2D eigenvalue weighted by atomic mass is 9.81. The first-order chi connectivity index (χ1) is 7.66. The zero-order valence-corrected chi connectivity index (χ0v) is 10.3. The molecular formula is C15H18O. The van der Waals surface area contributed by atoms with Gasteiger partial charge in [0.1, 0.15) is 5.58 Å². The van der Waals surface area contributed by atoms with Crippen molar-refractivity contribution in [1.29, 1.82) is 0 Å². The first-order valence-electron chi connectivity index (χ1n) is 6.16. The molecule has 0 saturated heterocycles. The van der Waals surface area contributed by atoms with Gasteiger partial charge in [0.2, 0.25) is 0 Å². The molecule has 0 amide bonds. The molecule has 0 bridgehead atoms. The molecule has 1 atom stereocenters. The zero-order chi connectivity index (χ0) is 11.3. The Kier molecular flexibility index (Phi) is 2.10. The maximum Gasteiger partial charge on any atom is 0.134 e. The summed E-state index contributed by atoms with van der Waals surface area (Å²) in [6.07, 6.45) is 5.68. The number of aryl methyl sites for hydroxylation is 2. The van der Waals surface area contributed by atoms with E-state index in [1.165, 1.54) is 35.8 Å². The monoisotopic (exact) mass is 214 g/mol. The smallest absolute Gasteiger partial charge is 0.134 e. The van der Waals surface area contributed by atoms with Crippen LogP contribution in [0, 0.1) is 19.8 Å². The summed E-state index contributed by atoms with van der Waals surface area (Å²) in [6.45, 7) is 6.72. The Morgan fingerprint density at radius 3 is 2.81 bits per heavy atom. The third-order valence-corrected chi connectivity index (χ3v) is 3.93. The second-order valence-corrected chi connectivity index (χ2v) is 5.29. The van der Waals surface area contributed by atoms with Crippen LogP contribution in [0.2, 0.25) is 0 Å². The fourth-order valence-corrected chi connectivity index (χ4v) is 3.04. The van der Waals surface area contributed by atoms with Gasteiger partial charge in [-0.1, -0.05) is 6.92 Å². The topological polar surface area (TPSA) is 13.1 Å². The van der Waals surface area contributed by atoms with E-state index in [0.29, 0.717) is 0 Å².